The zero-order valence-corrected chi connectivity index (χ0v) is 6.17. The van der Waals surface area contributed by atoms with Crippen molar-refractivity contribution in [3.8, 4) is 0 Å². The number of halogens is 1. The quantitative estimate of drug-likeness (QED) is 0.632. The van der Waals surface area contributed by atoms with E-state index >= 15 is 0 Å². The predicted molar refractivity (Wildman–Crippen MR) is 35.7 cm³/mol. The highest BCUT2D eigenvalue weighted by Gasteiger charge is 2.01. The van der Waals surface area contributed by atoms with Crippen LogP contribution in [0.2, 0.25) is 5.28 Å². The second-order valence-corrected chi connectivity index (χ2v) is 2.23. The van der Waals surface area contributed by atoms with Crippen LogP contribution in [0.25, 0.3) is 0 Å². The SMILES string of the molecule is CC(=O)Cn1ncnc1Cl. The summed E-state index contributed by atoms with van der Waals surface area (Å²) in [7, 11) is 0. The molecule has 5 heteroatoms. The molecule has 1 aromatic heterocycles. The van der Waals surface area contributed by atoms with Gasteiger partial charge in [-0.3, -0.25) is 4.79 Å². The van der Waals surface area contributed by atoms with Gasteiger partial charge in [0.2, 0.25) is 5.28 Å². The lowest BCUT2D eigenvalue weighted by molar-refractivity contribution is -0.117. The molecule has 1 heterocycles. The lowest BCUT2D eigenvalue weighted by Gasteiger charge is -1.94. The fraction of sp³-hybridized carbons (Fsp3) is 0.400. The second kappa shape index (κ2) is 2.79. The third-order valence-electron chi connectivity index (χ3n) is 0.941. The van der Waals surface area contributed by atoms with Crippen LogP contribution < -0.4 is 0 Å². The fourth-order valence-corrected chi connectivity index (χ4v) is 0.714. The Morgan fingerprint density at radius 3 is 3.00 bits per heavy atom. The van der Waals surface area contributed by atoms with Gasteiger partial charge < -0.3 is 0 Å². The maximum absolute atomic E-state index is 10.5. The van der Waals surface area contributed by atoms with E-state index in [1.807, 2.05) is 0 Å². The van der Waals surface area contributed by atoms with Gasteiger partial charge in [-0.15, -0.1) is 0 Å². The summed E-state index contributed by atoms with van der Waals surface area (Å²) in [6.07, 6.45) is 1.31. The smallest absolute Gasteiger partial charge is 0.221 e. The molecular formula is C5H6ClN3O. The summed E-state index contributed by atoms with van der Waals surface area (Å²) in [5, 5.41) is 3.95. The van der Waals surface area contributed by atoms with Crippen LogP contribution in [0.3, 0.4) is 0 Å². The molecular weight excluding hydrogens is 154 g/mol. The molecule has 0 unspecified atom stereocenters. The molecule has 0 atom stereocenters. The largest absolute Gasteiger partial charge is 0.298 e. The van der Waals surface area contributed by atoms with E-state index in [4.69, 9.17) is 11.6 Å². The minimum absolute atomic E-state index is 0.00685. The number of rotatable bonds is 2. The van der Waals surface area contributed by atoms with Gasteiger partial charge in [0, 0.05) is 0 Å². The number of ketones is 1. The van der Waals surface area contributed by atoms with Gasteiger partial charge in [0.1, 0.15) is 12.9 Å². The molecule has 0 bridgehead atoms. The molecule has 0 saturated heterocycles. The van der Waals surface area contributed by atoms with E-state index in [2.05, 4.69) is 10.1 Å². The summed E-state index contributed by atoms with van der Waals surface area (Å²) in [6.45, 7) is 1.66. The fourth-order valence-electron chi connectivity index (χ4n) is 0.567. The van der Waals surface area contributed by atoms with Crippen molar-refractivity contribution in [1.29, 1.82) is 0 Å². The molecule has 0 N–H and O–H groups in total. The standard InChI is InChI=1S/C5H6ClN3O/c1-4(10)2-9-5(6)7-3-8-9/h3H,2H2,1H3. The van der Waals surface area contributed by atoms with Gasteiger partial charge in [0.25, 0.3) is 0 Å². The average molecular weight is 160 g/mol. The zero-order chi connectivity index (χ0) is 7.56. The number of carbonyl (C=O) groups is 1. The van der Waals surface area contributed by atoms with Crippen molar-refractivity contribution < 1.29 is 4.79 Å². The summed E-state index contributed by atoms with van der Waals surface area (Å²) in [5.74, 6) is 0.00685. The van der Waals surface area contributed by atoms with Crippen molar-refractivity contribution in [2.45, 2.75) is 13.5 Å². The van der Waals surface area contributed by atoms with E-state index in [-0.39, 0.29) is 17.6 Å². The molecule has 4 nitrogen and oxygen atoms in total. The number of Topliss-reactive ketones (excluding diaryl/α,β-unsaturated/α-hetero) is 1. The zero-order valence-electron chi connectivity index (χ0n) is 5.41. The van der Waals surface area contributed by atoms with Gasteiger partial charge in [0.15, 0.2) is 5.78 Å². The van der Waals surface area contributed by atoms with Crippen molar-refractivity contribution in [2.75, 3.05) is 0 Å². The minimum atomic E-state index is 0.00685. The van der Waals surface area contributed by atoms with Gasteiger partial charge in [-0.2, -0.15) is 5.10 Å². The second-order valence-electron chi connectivity index (χ2n) is 1.89. The molecule has 0 fully saturated rings. The Kier molecular flexibility index (Phi) is 2.01. The monoisotopic (exact) mass is 159 g/mol. The Morgan fingerprint density at radius 1 is 1.90 bits per heavy atom. The Balaban J connectivity index is 2.74. The van der Waals surface area contributed by atoms with E-state index in [0.717, 1.165) is 0 Å². The van der Waals surface area contributed by atoms with Crippen molar-refractivity contribution in [3.63, 3.8) is 0 Å². The molecule has 0 radical (unpaired) electrons. The van der Waals surface area contributed by atoms with Crippen molar-refractivity contribution in [1.82, 2.24) is 14.8 Å². The molecule has 54 valence electrons. The summed E-state index contributed by atoms with van der Waals surface area (Å²) < 4.78 is 1.34. The van der Waals surface area contributed by atoms with Gasteiger partial charge in [-0.05, 0) is 18.5 Å². The number of nitrogens with zero attached hydrogens (tertiary/aromatic N) is 3. The maximum atomic E-state index is 10.5. The van der Waals surface area contributed by atoms with Crippen molar-refractivity contribution in [3.05, 3.63) is 11.6 Å². The summed E-state index contributed by atoms with van der Waals surface area (Å²) in [6, 6.07) is 0. The van der Waals surface area contributed by atoms with Crippen LogP contribution in [0.1, 0.15) is 6.92 Å². The van der Waals surface area contributed by atoms with Crippen LogP contribution in [-0.2, 0) is 11.3 Å². The van der Waals surface area contributed by atoms with E-state index in [9.17, 15) is 4.79 Å². The van der Waals surface area contributed by atoms with E-state index in [0.29, 0.717) is 0 Å². The van der Waals surface area contributed by atoms with Gasteiger partial charge in [0.05, 0.1) is 0 Å². The van der Waals surface area contributed by atoms with Crippen LogP contribution >= 0.6 is 11.6 Å². The molecule has 0 aliphatic rings. The molecule has 10 heavy (non-hydrogen) atoms. The third-order valence-corrected chi connectivity index (χ3v) is 1.23. The molecule has 0 aliphatic heterocycles. The normalized spacial score (nSPS) is 9.80. The van der Waals surface area contributed by atoms with E-state index in [1.54, 1.807) is 0 Å². The number of hydrogen-bond donors (Lipinski definition) is 0. The highest BCUT2D eigenvalue weighted by Crippen LogP contribution is 2.00. The van der Waals surface area contributed by atoms with Crippen LogP contribution in [-0.4, -0.2) is 20.5 Å². The van der Waals surface area contributed by atoms with Gasteiger partial charge in [-0.1, -0.05) is 0 Å². The Labute approximate surface area is 62.8 Å². The first-order chi connectivity index (χ1) is 4.70. The third kappa shape index (κ3) is 1.54. The topological polar surface area (TPSA) is 47.8 Å². The summed E-state index contributed by atoms with van der Waals surface area (Å²) >= 11 is 5.52. The van der Waals surface area contributed by atoms with Crippen LogP contribution in [0, 0.1) is 0 Å². The van der Waals surface area contributed by atoms with Crippen LogP contribution in [0.4, 0.5) is 0 Å². The molecule has 0 aromatic carbocycles. The summed E-state index contributed by atoms with van der Waals surface area (Å²) in [5.41, 5.74) is 0. The Hall–Kier alpha value is -0.900. The Morgan fingerprint density at radius 2 is 2.60 bits per heavy atom. The number of hydrogen-bond acceptors (Lipinski definition) is 3. The van der Waals surface area contributed by atoms with E-state index in [1.165, 1.54) is 17.9 Å². The van der Waals surface area contributed by atoms with Gasteiger partial charge in [-0.25, -0.2) is 9.67 Å². The van der Waals surface area contributed by atoms with Crippen molar-refractivity contribution >= 4 is 17.4 Å². The first kappa shape index (κ1) is 7.21. The molecule has 0 aliphatic carbocycles. The molecule has 1 rings (SSSR count). The van der Waals surface area contributed by atoms with Crippen LogP contribution in [0.15, 0.2) is 6.33 Å². The van der Waals surface area contributed by atoms with Gasteiger partial charge >= 0.3 is 0 Å². The predicted octanol–water partition coefficient (Wildman–Crippen LogP) is 0.521. The summed E-state index contributed by atoms with van der Waals surface area (Å²) in [4.78, 5) is 14.2. The van der Waals surface area contributed by atoms with Crippen molar-refractivity contribution in [2.24, 2.45) is 0 Å². The molecule has 0 amide bonds. The maximum Gasteiger partial charge on any atom is 0.221 e. The number of carbonyl (C=O) groups excluding carboxylic acids is 1. The van der Waals surface area contributed by atoms with Crippen LogP contribution in [0.5, 0.6) is 0 Å². The minimum Gasteiger partial charge on any atom is -0.298 e. The highest BCUT2D eigenvalue weighted by atomic mass is 35.5. The lowest BCUT2D eigenvalue weighted by Crippen LogP contribution is -2.07. The molecule has 0 spiro atoms. The Bertz CT molecular complexity index is 245. The number of aromatic nitrogens is 3. The average Bonchev–Trinajstić information content (AvgIpc) is 2.15. The van der Waals surface area contributed by atoms with E-state index < -0.39 is 0 Å². The highest BCUT2D eigenvalue weighted by molar-refractivity contribution is 6.28. The first-order valence-corrected chi connectivity index (χ1v) is 3.10. The molecule has 0 saturated carbocycles. The first-order valence-electron chi connectivity index (χ1n) is 2.73. The lowest BCUT2D eigenvalue weighted by atomic mass is 10.5. The molecule has 1 aromatic rings.